The van der Waals surface area contributed by atoms with E-state index in [2.05, 4.69) is 5.10 Å². The molecule has 2 aromatic rings. The summed E-state index contributed by atoms with van der Waals surface area (Å²) < 4.78 is 1.46. The topological polar surface area (TPSA) is 41.7 Å². The zero-order valence-electron chi connectivity index (χ0n) is 7.08. The van der Waals surface area contributed by atoms with Gasteiger partial charge in [-0.2, -0.15) is 5.10 Å². The Labute approximate surface area is 80.1 Å². The van der Waals surface area contributed by atoms with Crippen molar-refractivity contribution >= 4 is 22.4 Å². The molecule has 1 aromatic heterocycles. The van der Waals surface area contributed by atoms with Gasteiger partial charge in [0.2, 0.25) is 0 Å². The van der Waals surface area contributed by atoms with Gasteiger partial charge in [-0.25, -0.2) is 4.68 Å². The molecule has 0 aliphatic rings. The number of hydrogen-bond donors (Lipinski definition) is 1. The van der Waals surface area contributed by atoms with Crippen molar-refractivity contribution in [1.82, 2.24) is 9.78 Å². The van der Waals surface area contributed by atoms with Gasteiger partial charge in [-0.05, 0) is 0 Å². The second kappa shape index (κ2) is 2.85. The van der Waals surface area contributed by atoms with Gasteiger partial charge in [-0.3, -0.25) is 5.41 Å². The molecule has 0 unspecified atom stereocenters. The zero-order valence-corrected chi connectivity index (χ0v) is 7.84. The summed E-state index contributed by atoms with van der Waals surface area (Å²) in [6.07, 6.45) is 0. The van der Waals surface area contributed by atoms with Crippen molar-refractivity contribution in [3.05, 3.63) is 34.9 Å². The van der Waals surface area contributed by atoms with E-state index in [1.165, 1.54) is 4.68 Å². The third-order valence-corrected chi connectivity index (χ3v) is 2.25. The van der Waals surface area contributed by atoms with Gasteiger partial charge in [0.05, 0.1) is 0 Å². The first kappa shape index (κ1) is 8.26. The van der Waals surface area contributed by atoms with Crippen LogP contribution in [0.3, 0.4) is 0 Å². The number of fused-ring (bicyclic) bond motifs is 1. The van der Waals surface area contributed by atoms with Crippen LogP contribution in [0.25, 0.3) is 10.8 Å². The molecule has 0 saturated heterocycles. The molecule has 0 aliphatic heterocycles. The van der Waals surface area contributed by atoms with Crippen LogP contribution in [0.1, 0.15) is 0 Å². The lowest BCUT2D eigenvalue weighted by Gasteiger charge is -2.03. The van der Waals surface area contributed by atoms with Crippen molar-refractivity contribution in [1.29, 1.82) is 5.41 Å². The first-order valence-electron chi connectivity index (χ1n) is 3.86. The first-order chi connectivity index (χ1) is 6.20. The van der Waals surface area contributed by atoms with Crippen molar-refractivity contribution in [2.45, 2.75) is 0 Å². The molecule has 2 rings (SSSR count). The lowest BCUT2D eigenvalue weighted by Crippen LogP contribution is -2.19. The molecule has 1 N–H and O–H groups in total. The van der Waals surface area contributed by atoms with Crippen LogP contribution in [0.5, 0.6) is 0 Å². The third kappa shape index (κ3) is 1.21. The van der Waals surface area contributed by atoms with Gasteiger partial charge in [-0.15, -0.1) is 0 Å². The molecule has 1 aromatic carbocycles. The molecule has 0 spiro atoms. The van der Waals surface area contributed by atoms with Gasteiger partial charge in [0.15, 0.2) is 5.15 Å². The van der Waals surface area contributed by atoms with Crippen molar-refractivity contribution in [3.8, 4) is 0 Å². The second-order valence-corrected chi connectivity index (χ2v) is 3.17. The summed E-state index contributed by atoms with van der Waals surface area (Å²) in [4.78, 5) is 0. The Balaban J connectivity index is 3.06. The summed E-state index contributed by atoms with van der Waals surface area (Å²) >= 11 is 5.92. The van der Waals surface area contributed by atoms with E-state index in [-0.39, 0.29) is 0 Å². The highest BCUT2D eigenvalue weighted by Crippen LogP contribution is 2.16. The van der Waals surface area contributed by atoms with Crippen LogP contribution in [0.15, 0.2) is 24.3 Å². The molecule has 0 radical (unpaired) electrons. The molecular weight excluding hydrogens is 186 g/mol. The normalized spacial score (nSPS) is 10.6. The maximum atomic E-state index is 7.73. The van der Waals surface area contributed by atoms with Crippen LogP contribution in [0.2, 0.25) is 5.15 Å². The average Bonchev–Trinajstić information content (AvgIpc) is 2.15. The molecule has 0 saturated carbocycles. The molecule has 0 fully saturated rings. The van der Waals surface area contributed by atoms with Crippen LogP contribution in [0.4, 0.5) is 0 Å². The summed E-state index contributed by atoms with van der Waals surface area (Å²) in [5, 5.41) is 13.8. The number of hydrogen-bond acceptors (Lipinski definition) is 2. The predicted octanol–water partition coefficient (Wildman–Crippen LogP) is 1.71. The number of rotatable bonds is 0. The van der Waals surface area contributed by atoms with Crippen LogP contribution < -0.4 is 5.49 Å². The van der Waals surface area contributed by atoms with Crippen LogP contribution in [-0.2, 0) is 7.05 Å². The van der Waals surface area contributed by atoms with Gasteiger partial charge in [0, 0.05) is 17.8 Å². The number of benzene rings is 1. The second-order valence-electron chi connectivity index (χ2n) is 2.81. The lowest BCUT2D eigenvalue weighted by molar-refractivity contribution is 0.694. The van der Waals surface area contributed by atoms with Gasteiger partial charge < -0.3 is 0 Å². The SMILES string of the molecule is Cn1nc(Cl)c2ccccc2c1=N. The largest absolute Gasteiger partial charge is 0.283 e. The minimum Gasteiger partial charge on any atom is -0.283 e. The van der Waals surface area contributed by atoms with Gasteiger partial charge >= 0.3 is 0 Å². The van der Waals surface area contributed by atoms with E-state index >= 15 is 0 Å². The molecule has 3 nitrogen and oxygen atoms in total. The monoisotopic (exact) mass is 193 g/mol. The fourth-order valence-corrected chi connectivity index (χ4v) is 1.56. The maximum Gasteiger partial charge on any atom is 0.157 e. The van der Waals surface area contributed by atoms with Crippen molar-refractivity contribution < 1.29 is 0 Å². The van der Waals surface area contributed by atoms with Gasteiger partial charge in [-0.1, -0.05) is 35.9 Å². The standard InChI is InChI=1S/C9H8ClN3/c1-13-9(11)7-5-3-2-4-6(7)8(10)12-13/h2-5,11H,1H3. The number of halogens is 1. The highest BCUT2D eigenvalue weighted by atomic mass is 35.5. The highest BCUT2D eigenvalue weighted by molar-refractivity contribution is 6.34. The van der Waals surface area contributed by atoms with Crippen LogP contribution >= 0.6 is 11.6 Å². The number of nitrogens with one attached hydrogen (secondary N) is 1. The summed E-state index contributed by atoms with van der Waals surface area (Å²) in [6, 6.07) is 7.50. The van der Waals surface area contributed by atoms with E-state index < -0.39 is 0 Å². The Kier molecular flexibility index (Phi) is 1.81. The Morgan fingerprint density at radius 2 is 1.92 bits per heavy atom. The smallest absolute Gasteiger partial charge is 0.157 e. The number of nitrogens with zero attached hydrogens (tertiary/aromatic N) is 2. The Bertz CT molecular complexity index is 516. The van der Waals surface area contributed by atoms with E-state index in [0.29, 0.717) is 10.6 Å². The fraction of sp³-hybridized carbons (Fsp3) is 0.111. The molecule has 0 bridgehead atoms. The van der Waals surface area contributed by atoms with Crippen molar-refractivity contribution in [2.75, 3.05) is 0 Å². The highest BCUT2D eigenvalue weighted by Gasteiger charge is 2.02. The molecule has 66 valence electrons. The van der Waals surface area contributed by atoms with E-state index in [4.69, 9.17) is 17.0 Å². The Hall–Kier alpha value is -1.35. The Morgan fingerprint density at radius 1 is 1.31 bits per heavy atom. The fourth-order valence-electron chi connectivity index (χ4n) is 1.28. The molecule has 0 atom stereocenters. The summed E-state index contributed by atoms with van der Waals surface area (Å²) in [5.74, 6) is 0. The number of aromatic nitrogens is 2. The number of aryl methyl sites for hydroxylation is 1. The summed E-state index contributed by atoms with van der Waals surface area (Å²) in [7, 11) is 1.71. The molecular formula is C9H8ClN3. The minimum atomic E-state index is 0.375. The van der Waals surface area contributed by atoms with E-state index in [1.807, 2.05) is 24.3 Å². The van der Waals surface area contributed by atoms with Crippen LogP contribution in [-0.4, -0.2) is 9.78 Å². The van der Waals surface area contributed by atoms with Crippen molar-refractivity contribution in [3.63, 3.8) is 0 Å². The molecule has 1 heterocycles. The minimum absolute atomic E-state index is 0.375. The quantitative estimate of drug-likeness (QED) is 0.680. The van der Waals surface area contributed by atoms with E-state index in [9.17, 15) is 0 Å². The van der Waals surface area contributed by atoms with E-state index in [1.54, 1.807) is 7.05 Å². The van der Waals surface area contributed by atoms with Crippen LogP contribution in [0, 0.1) is 5.41 Å². The predicted molar refractivity (Wildman–Crippen MR) is 51.6 cm³/mol. The first-order valence-corrected chi connectivity index (χ1v) is 4.24. The summed E-state index contributed by atoms with van der Waals surface area (Å²) in [6.45, 7) is 0. The van der Waals surface area contributed by atoms with Gasteiger partial charge in [0.25, 0.3) is 0 Å². The Morgan fingerprint density at radius 3 is 2.62 bits per heavy atom. The average molecular weight is 194 g/mol. The third-order valence-electron chi connectivity index (χ3n) is 1.97. The lowest BCUT2D eigenvalue weighted by atomic mass is 10.2. The molecule has 4 heteroatoms. The van der Waals surface area contributed by atoms with E-state index in [0.717, 1.165) is 10.8 Å². The summed E-state index contributed by atoms with van der Waals surface area (Å²) in [5.41, 5.74) is 0.375. The molecule has 13 heavy (non-hydrogen) atoms. The maximum absolute atomic E-state index is 7.73. The molecule has 0 aliphatic carbocycles. The zero-order chi connectivity index (χ0) is 9.42. The van der Waals surface area contributed by atoms with Gasteiger partial charge in [0.1, 0.15) is 5.49 Å². The molecule has 0 amide bonds. The van der Waals surface area contributed by atoms with Crippen molar-refractivity contribution in [2.24, 2.45) is 7.05 Å².